The first-order valence-corrected chi connectivity index (χ1v) is 4.71. The molecule has 0 aliphatic carbocycles. The van der Waals surface area contributed by atoms with Crippen molar-refractivity contribution < 1.29 is 4.92 Å². The summed E-state index contributed by atoms with van der Waals surface area (Å²) in [4.78, 5) is 19.3. The molecule has 7 heteroatoms. The van der Waals surface area contributed by atoms with Crippen LogP contribution in [0.2, 0.25) is 5.28 Å². The molecule has 0 N–H and O–H groups in total. The van der Waals surface area contributed by atoms with Crippen molar-refractivity contribution in [3.05, 3.63) is 21.6 Å². The van der Waals surface area contributed by atoms with Gasteiger partial charge in [-0.05, 0) is 25.4 Å². The normalized spacial score (nSPS) is 10.5. The van der Waals surface area contributed by atoms with Gasteiger partial charge in [0.05, 0.1) is 4.92 Å². The van der Waals surface area contributed by atoms with Gasteiger partial charge in [-0.2, -0.15) is 4.98 Å². The van der Waals surface area contributed by atoms with E-state index in [0.717, 1.165) is 6.20 Å². The van der Waals surface area contributed by atoms with Gasteiger partial charge in [0, 0.05) is 13.1 Å². The van der Waals surface area contributed by atoms with Crippen molar-refractivity contribution in [2.75, 3.05) is 11.9 Å². The van der Waals surface area contributed by atoms with Crippen LogP contribution in [0.4, 0.5) is 11.5 Å². The first kappa shape index (κ1) is 11.6. The van der Waals surface area contributed by atoms with Crippen molar-refractivity contribution in [2.45, 2.75) is 19.9 Å². The van der Waals surface area contributed by atoms with E-state index >= 15 is 0 Å². The van der Waals surface area contributed by atoms with E-state index in [9.17, 15) is 10.1 Å². The Morgan fingerprint density at radius 2 is 2.20 bits per heavy atom. The fourth-order valence-corrected chi connectivity index (χ4v) is 1.11. The van der Waals surface area contributed by atoms with E-state index in [0.29, 0.717) is 0 Å². The predicted octanol–water partition coefficient (Wildman–Crippen LogP) is 1.88. The van der Waals surface area contributed by atoms with Gasteiger partial charge in [-0.15, -0.1) is 0 Å². The summed E-state index contributed by atoms with van der Waals surface area (Å²) < 4.78 is 0. The van der Waals surface area contributed by atoms with E-state index in [4.69, 9.17) is 11.6 Å². The molecular weight excluding hydrogens is 220 g/mol. The molecule has 1 rings (SSSR count). The molecule has 15 heavy (non-hydrogen) atoms. The molecule has 0 saturated heterocycles. The Morgan fingerprint density at radius 1 is 1.60 bits per heavy atom. The van der Waals surface area contributed by atoms with Crippen molar-refractivity contribution >= 4 is 23.1 Å². The second-order valence-corrected chi connectivity index (χ2v) is 3.65. The Morgan fingerprint density at radius 3 is 2.67 bits per heavy atom. The number of hydrogen-bond acceptors (Lipinski definition) is 5. The third-order valence-corrected chi connectivity index (χ3v) is 2.21. The molecule has 1 aromatic rings. The molecular formula is C8H11ClN4O2. The fourth-order valence-electron chi connectivity index (χ4n) is 0.979. The molecule has 0 amide bonds. The third kappa shape index (κ3) is 2.53. The van der Waals surface area contributed by atoms with Gasteiger partial charge in [-0.1, -0.05) is 0 Å². The summed E-state index contributed by atoms with van der Waals surface area (Å²) in [6.07, 6.45) is 1.11. The standard InChI is InChI=1S/C8H11ClN4O2/c1-5(2)12(3)7-6(13(14)15)4-10-8(9)11-7/h4-5H,1-3H3. The second kappa shape index (κ2) is 4.39. The molecule has 1 heterocycles. The summed E-state index contributed by atoms with van der Waals surface area (Å²) in [5, 5.41) is 10.7. The molecule has 0 unspecified atom stereocenters. The van der Waals surface area contributed by atoms with E-state index in [1.165, 1.54) is 0 Å². The average Bonchev–Trinajstić information content (AvgIpc) is 2.15. The molecule has 0 saturated carbocycles. The maximum atomic E-state index is 10.7. The number of aromatic nitrogens is 2. The summed E-state index contributed by atoms with van der Waals surface area (Å²) in [5.41, 5.74) is -0.143. The number of halogens is 1. The summed E-state index contributed by atoms with van der Waals surface area (Å²) in [6.45, 7) is 3.81. The van der Waals surface area contributed by atoms with Gasteiger partial charge >= 0.3 is 5.69 Å². The van der Waals surface area contributed by atoms with E-state index in [1.807, 2.05) is 13.8 Å². The minimum Gasteiger partial charge on any atom is -0.351 e. The second-order valence-electron chi connectivity index (χ2n) is 3.31. The lowest BCUT2D eigenvalue weighted by molar-refractivity contribution is -0.384. The summed E-state index contributed by atoms with van der Waals surface area (Å²) in [7, 11) is 1.72. The number of nitrogens with zero attached hydrogens (tertiary/aromatic N) is 4. The van der Waals surface area contributed by atoms with Crippen molar-refractivity contribution in [1.29, 1.82) is 0 Å². The van der Waals surface area contributed by atoms with Crippen LogP contribution in [0.15, 0.2) is 6.20 Å². The number of hydrogen-bond donors (Lipinski definition) is 0. The van der Waals surface area contributed by atoms with Crippen LogP contribution in [0, 0.1) is 10.1 Å². The number of rotatable bonds is 3. The Kier molecular flexibility index (Phi) is 3.41. The zero-order valence-corrected chi connectivity index (χ0v) is 9.39. The van der Waals surface area contributed by atoms with Crippen LogP contribution in [0.1, 0.15) is 13.8 Å². The molecule has 0 bridgehead atoms. The summed E-state index contributed by atoms with van der Waals surface area (Å²) in [5.74, 6) is 0.231. The molecule has 6 nitrogen and oxygen atoms in total. The number of anilines is 1. The van der Waals surface area contributed by atoms with Crippen LogP contribution < -0.4 is 4.90 Å². The van der Waals surface area contributed by atoms with Gasteiger partial charge in [-0.3, -0.25) is 10.1 Å². The lowest BCUT2D eigenvalue weighted by Gasteiger charge is -2.21. The van der Waals surface area contributed by atoms with Crippen LogP contribution in [-0.2, 0) is 0 Å². The third-order valence-electron chi connectivity index (χ3n) is 2.03. The lowest BCUT2D eigenvalue weighted by Crippen LogP contribution is -2.27. The average molecular weight is 231 g/mol. The minimum atomic E-state index is -0.523. The highest BCUT2D eigenvalue weighted by Crippen LogP contribution is 2.26. The van der Waals surface area contributed by atoms with Crippen LogP contribution in [0.25, 0.3) is 0 Å². The topological polar surface area (TPSA) is 72.2 Å². The molecule has 0 atom stereocenters. The number of nitro groups is 1. The Hall–Kier alpha value is -1.43. The van der Waals surface area contributed by atoms with Crippen molar-refractivity contribution in [1.82, 2.24) is 9.97 Å². The SMILES string of the molecule is CC(C)N(C)c1nc(Cl)ncc1[N+](=O)[O-]. The van der Waals surface area contributed by atoms with E-state index < -0.39 is 4.92 Å². The van der Waals surface area contributed by atoms with Gasteiger partial charge in [0.2, 0.25) is 11.1 Å². The molecule has 0 fully saturated rings. The van der Waals surface area contributed by atoms with Crippen LogP contribution in [0.3, 0.4) is 0 Å². The van der Waals surface area contributed by atoms with E-state index in [1.54, 1.807) is 11.9 Å². The predicted molar refractivity (Wildman–Crippen MR) is 57.2 cm³/mol. The van der Waals surface area contributed by atoms with Crippen LogP contribution in [0.5, 0.6) is 0 Å². The maximum absolute atomic E-state index is 10.7. The van der Waals surface area contributed by atoms with E-state index in [-0.39, 0.29) is 22.8 Å². The Balaban J connectivity index is 3.24. The highest BCUT2D eigenvalue weighted by molar-refractivity contribution is 6.28. The Labute approximate surface area is 92.0 Å². The van der Waals surface area contributed by atoms with Crippen molar-refractivity contribution in [2.24, 2.45) is 0 Å². The molecule has 0 aliphatic heterocycles. The monoisotopic (exact) mass is 230 g/mol. The van der Waals surface area contributed by atoms with Gasteiger partial charge < -0.3 is 4.90 Å². The molecule has 0 radical (unpaired) electrons. The van der Waals surface area contributed by atoms with Crippen LogP contribution >= 0.6 is 11.6 Å². The smallest absolute Gasteiger partial charge is 0.329 e. The van der Waals surface area contributed by atoms with Gasteiger partial charge in [-0.25, -0.2) is 4.98 Å². The molecule has 0 aliphatic rings. The minimum absolute atomic E-state index is 0.00287. The highest BCUT2D eigenvalue weighted by Gasteiger charge is 2.21. The maximum Gasteiger partial charge on any atom is 0.329 e. The van der Waals surface area contributed by atoms with Crippen LogP contribution in [-0.4, -0.2) is 28.0 Å². The lowest BCUT2D eigenvalue weighted by atomic mass is 10.3. The van der Waals surface area contributed by atoms with Gasteiger partial charge in [0.25, 0.3) is 0 Å². The molecule has 82 valence electrons. The molecule has 0 aromatic carbocycles. The summed E-state index contributed by atoms with van der Waals surface area (Å²) in [6, 6.07) is 0.0923. The first-order valence-electron chi connectivity index (χ1n) is 4.33. The quantitative estimate of drug-likeness (QED) is 0.450. The zero-order chi connectivity index (χ0) is 11.6. The first-order chi connectivity index (χ1) is 6.93. The highest BCUT2D eigenvalue weighted by atomic mass is 35.5. The molecule has 1 aromatic heterocycles. The largest absolute Gasteiger partial charge is 0.351 e. The Bertz CT molecular complexity index is 383. The van der Waals surface area contributed by atoms with Gasteiger partial charge in [0.15, 0.2) is 0 Å². The zero-order valence-electron chi connectivity index (χ0n) is 8.64. The molecule has 0 spiro atoms. The van der Waals surface area contributed by atoms with E-state index in [2.05, 4.69) is 9.97 Å². The fraction of sp³-hybridized carbons (Fsp3) is 0.500. The van der Waals surface area contributed by atoms with Crippen molar-refractivity contribution in [3.63, 3.8) is 0 Å². The van der Waals surface area contributed by atoms with Gasteiger partial charge in [0.1, 0.15) is 6.20 Å². The van der Waals surface area contributed by atoms with Crippen molar-refractivity contribution in [3.8, 4) is 0 Å². The summed E-state index contributed by atoms with van der Waals surface area (Å²) >= 11 is 5.60.